The average molecular weight is 299 g/mol. The first-order valence-corrected chi connectivity index (χ1v) is 7.49. The Morgan fingerprint density at radius 1 is 1.23 bits per heavy atom. The number of nitrogens with zero attached hydrogens (tertiary/aromatic N) is 3. The molecular formula is C18H22FN3. The van der Waals surface area contributed by atoms with E-state index in [1.165, 1.54) is 12.1 Å². The highest BCUT2D eigenvalue weighted by molar-refractivity contribution is 5.74. The molecule has 0 aliphatic heterocycles. The molecule has 116 valence electrons. The highest BCUT2D eigenvalue weighted by Gasteiger charge is 2.17. The molecule has 1 heterocycles. The monoisotopic (exact) mass is 299 g/mol. The Morgan fingerprint density at radius 2 is 1.86 bits per heavy atom. The fourth-order valence-corrected chi connectivity index (χ4v) is 2.26. The van der Waals surface area contributed by atoms with Crippen LogP contribution in [0.5, 0.6) is 0 Å². The van der Waals surface area contributed by atoms with Crippen molar-refractivity contribution in [2.45, 2.75) is 26.7 Å². The molecule has 0 spiro atoms. The van der Waals surface area contributed by atoms with Crippen LogP contribution in [0.3, 0.4) is 0 Å². The molecule has 1 aromatic heterocycles. The predicted molar refractivity (Wildman–Crippen MR) is 90.6 cm³/mol. The Kier molecular flexibility index (Phi) is 4.91. The number of halogens is 1. The van der Waals surface area contributed by atoms with Crippen LogP contribution < -0.4 is 4.90 Å². The molecular weight excluding hydrogens is 277 g/mol. The maximum Gasteiger partial charge on any atom is 0.225 e. The van der Waals surface area contributed by atoms with Gasteiger partial charge in [-0.05, 0) is 37.1 Å². The number of rotatable bonds is 5. The van der Waals surface area contributed by atoms with Crippen LogP contribution in [0.4, 0.5) is 10.3 Å². The summed E-state index contributed by atoms with van der Waals surface area (Å²) < 4.78 is 13.2. The van der Waals surface area contributed by atoms with Gasteiger partial charge in [0.2, 0.25) is 5.95 Å². The minimum atomic E-state index is -0.257. The number of anilines is 1. The maximum atomic E-state index is 13.2. The second kappa shape index (κ2) is 6.69. The molecule has 0 bridgehead atoms. The van der Waals surface area contributed by atoms with Gasteiger partial charge in [0.15, 0.2) is 0 Å². The van der Waals surface area contributed by atoms with Crippen LogP contribution in [0.25, 0.3) is 17.3 Å². The van der Waals surface area contributed by atoms with Gasteiger partial charge < -0.3 is 4.90 Å². The largest absolute Gasteiger partial charge is 0.344 e. The summed E-state index contributed by atoms with van der Waals surface area (Å²) in [5.74, 6) is 0.670. The zero-order valence-electron chi connectivity index (χ0n) is 13.6. The first-order chi connectivity index (χ1) is 10.5. The molecule has 0 aliphatic carbocycles. The van der Waals surface area contributed by atoms with Crippen LogP contribution in [0.15, 0.2) is 30.8 Å². The summed E-state index contributed by atoms with van der Waals surface area (Å²) >= 11 is 0. The van der Waals surface area contributed by atoms with Crippen molar-refractivity contribution >= 4 is 12.0 Å². The van der Waals surface area contributed by atoms with E-state index >= 15 is 0 Å². The SMILES string of the molecule is C=Cc1c(-c2ccc(F)cc2)nc(N(C)CC)nc1C(C)C. The van der Waals surface area contributed by atoms with Crippen molar-refractivity contribution in [3.05, 3.63) is 47.9 Å². The lowest BCUT2D eigenvalue weighted by Gasteiger charge is -2.20. The van der Waals surface area contributed by atoms with Crippen molar-refractivity contribution < 1.29 is 4.39 Å². The number of aromatic nitrogens is 2. The van der Waals surface area contributed by atoms with Gasteiger partial charge in [-0.2, -0.15) is 0 Å². The summed E-state index contributed by atoms with van der Waals surface area (Å²) in [6.45, 7) is 11.0. The van der Waals surface area contributed by atoms with E-state index < -0.39 is 0 Å². The Labute approximate surface area is 131 Å². The molecule has 0 N–H and O–H groups in total. The molecule has 0 unspecified atom stereocenters. The molecule has 0 fully saturated rings. The van der Waals surface area contributed by atoms with Gasteiger partial charge in [0.05, 0.1) is 11.4 Å². The lowest BCUT2D eigenvalue weighted by molar-refractivity contribution is 0.628. The van der Waals surface area contributed by atoms with Crippen molar-refractivity contribution in [2.75, 3.05) is 18.5 Å². The molecule has 3 nitrogen and oxygen atoms in total. The van der Waals surface area contributed by atoms with Gasteiger partial charge in [-0.1, -0.05) is 26.5 Å². The van der Waals surface area contributed by atoms with Crippen LogP contribution in [0.1, 0.15) is 37.9 Å². The Hall–Kier alpha value is -2.23. The smallest absolute Gasteiger partial charge is 0.225 e. The zero-order valence-corrected chi connectivity index (χ0v) is 13.6. The molecule has 0 atom stereocenters. The van der Waals surface area contributed by atoms with Crippen molar-refractivity contribution in [2.24, 2.45) is 0 Å². The van der Waals surface area contributed by atoms with Crippen LogP contribution in [0, 0.1) is 5.82 Å². The summed E-state index contributed by atoms with van der Waals surface area (Å²) in [7, 11) is 1.96. The molecule has 0 amide bonds. The quantitative estimate of drug-likeness (QED) is 0.813. The Morgan fingerprint density at radius 3 is 2.36 bits per heavy atom. The lowest BCUT2D eigenvalue weighted by Crippen LogP contribution is -2.20. The highest BCUT2D eigenvalue weighted by atomic mass is 19.1. The van der Waals surface area contributed by atoms with Crippen molar-refractivity contribution in [3.63, 3.8) is 0 Å². The predicted octanol–water partition coefficient (Wildman–Crippen LogP) is 4.51. The third-order valence-corrected chi connectivity index (χ3v) is 3.65. The second-order valence-corrected chi connectivity index (χ2v) is 5.55. The topological polar surface area (TPSA) is 29.0 Å². The van der Waals surface area contributed by atoms with E-state index in [1.807, 2.05) is 11.9 Å². The van der Waals surface area contributed by atoms with E-state index in [0.717, 1.165) is 29.1 Å². The summed E-state index contributed by atoms with van der Waals surface area (Å²) in [6.07, 6.45) is 1.78. The number of hydrogen-bond acceptors (Lipinski definition) is 3. The molecule has 22 heavy (non-hydrogen) atoms. The van der Waals surface area contributed by atoms with Crippen LogP contribution in [-0.4, -0.2) is 23.6 Å². The third kappa shape index (κ3) is 3.16. The van der Waals surface area contributed by atoms with E-state index in [4.69, 9.17) is 0 Å². The van der Waals surface area contributed by atoms with Crippen LogP contribution >= 0.6 is 0 Å². The van der Waals surface area contributed by atoms with Crippen LogP contribution in [-0.2, 0) is 0 Å². The van der Waals surface area contributed by atoms with Gasteiger partial charge in [-0.15, -0.1) is 0 Å². The fourth-order valence-electron chi connectivity index (χ4n) is 2.26. The molecule has 1 aromatic carbocycles. The summed E-state index contributed by atoms with van der Waals surface area (Å²) in [4.78, 5) is 11.4. The van der Waals surface area contributed by atoms with E-state index in [0.29, 0.717) is 5.95 Å². The molecule has 0 saturated carbocycles. The van der Waals surface area contributed by atoms with E-state index in [9.17, 15) is 4.39 Å². The minimum absolute atomic E-state index is 0.249. The van der Waals surface area contributed by atoms with Crippen LogP contribution in [0.2, 0.25) is 0 Å². The number of benzene rings is 1. The van der Waals surface area contributed by atoms with E-state index in [-0.39, 0.29) is 11.7 Å². The van der Waals surface area contributed by atoms with Gasteiger partial charge in [-0.25, -0.2) is 14.4 Å². The summed E-state index contributed by atoms with van der Waals surface area (Å²) in [6, 6.07) is 6.38. The highest BCUT2D eigenvalue weighted by Crippen LogP contribution is 2.30. The Balaban J connectivity index is 2.71. The summed E-state index contributed by atoms with van der Waals surface area (Å²) in [5, 5.41) is 0. The van der Waals surface area contributed by atoms with Gasteiger partial charge >= 0.3 is 0 Å². The van der Waals surface area contributed by atoms with Gasteiger partial charge in [0.1, 0.15) is 5.82 Å². The van der Waals surface area contributed by atoms with E-state index in [1.54, 1.807) is 18.2 Å². The number of hydrogen-bond donors (Lipinski definition) is 0. The third-order valence-electron chi connectivity index (χ3n) is 3.65. The summed E-state index contributed by atoms with van der Waals surface area (Å²) in [5.41, 5.74) is 3.53. The molecule has 4 heteroatoms. The first kappa shape index (κ1) is 16.1. The molecule has 2 aromatic rings. The molecule has 2 rings (SSSR count). The van der Waals surface area contributed by atoms with Gasteiger partial charge in [0, 0.05) is 24.7 Å². The Bertz CT molecular complexity index is 663. The lowest BCUT2D eigenvalue weighted by atomic mass is 9.98. The van der Waals surface area contributed by atoms with Crippen molar-refractivity contribution in [1.82, 2.24) is 9.97 Å². The second-order valence-electron chi connectivity index (χ2n) is 5.55. The van der Waals surface area contributed by atoms with Crippen molar-refractivity contribution in [1.29, 1.82) is 0 Å². The normalized spacial score (nSPS) is 10.8. The van der Waals surface area contributed by atoms with E-state index in [2.05, 4.69) is 37.3 Å². The average Bonchev–Trinajstić information content (AvgIpc) is 2.53. The maximum absolute atomic E-state index is 13.2. The molecule has 0 radical (unpaired) electrons. The van der Waals surface area contributed by atoms with Gasteiger partial charge in [-0.3, -0.25) is 0 Å². The first-order valence-electron chi connectivity index (χ1n) is 7.49. The standard InChI is InChI=1S/C18H22FN3/c1-6-15-16(12(3)4)20-18(22(5)7-2)21-17(15)13-8-10-14(19)11-9-13/h6,8-12H,1,7H2,2-5H3. The molecule has 0 aliphatic rings. The molecule has 0 saturated heterocycles. The minimum Gasteiger partial charge on any atom is -0.344 e. The zero-order chi connectivity index (χ0) is 16.3. The van der Waals surface area contributed by atoms with Crippen molar-refractivity contribution in [3.8, 4) is 11.3 Å². The fraction of sp³-hybridized carbons (Fsp3) is 0.333. The van der Waals surface area contributed by atoms with Gasteiger partial charge in [0.25, 0.3) is 0 Å².